The number of thioether (sulfide) groups is 1. The van der Waals surface area contributed by atoms with Gasteiger partial charge in [-0.1, -0.05) is 0 Å². The second-order valence-corrected chi connectivity index (χ2v) is 7.43. The van der Waals surface area contributed by atoms with Crippen LogP contribution in [-0.2, 0) is 0 Å². The number of aliphatic hydroxyl groups excluding tert-OH is 1. The number of pyridine rings is 1. The van der Waals surface area contributed by atoms with Crippen LogP contribution in [0.1, 0.15) is 34.9 Å². The molecule has 3 heterocycles. The lowest BCUT2D eigenvalue weighted by Crippen LogP contribution is -2.12. The minimum absolute atomic E-state index is 0.229. The smallest absolute Gasteiger partial charge is 0.335 e. The molecule has 1 saturated heterocycles. The molecular weight excluding hydrogens is 338 g/mol. The first-order valence-electron chi connectivity index (χ1n) is 8.10. The van der Waals surface area contributed by atoms with Gasteiger partial charge in [-0.05, 0) is 48.9 Å². The van der Waals surface area contributed by atoms with E-state index >= 15 is 0 Å². The number of hydrogen-bond acceptors (Lipinski definition) is 5. The summed E-state index contributed by atoms with van der Waals surface area (Å²) in [5.74, 6) is 0.139. The Morgan fingerprint density at radius 3 is 2.76 bits per heavy atom. The molecular formula is C18H17N3O3S. The summed E-state index contributed by atoms with van der Waals surface area (Å²) in [6, 6.07) is 8.42. The van der Waals surface area contributed by atoms with Crippen molar-refractivity contribution in [2.45, 2.75) is 24.2 Å². The Labute approximate surface area is 148 Å². The zero-order valence-corrected chi connectivity index (χ0v) is 14.2. The predicted molar refractivity (Wildman–Crippen MR) is 96.3 cm³/mol. The molecule has 25 heavy (non-hydrogen) atoms. The van der Waals surface area contributed by atoms with Crippen LogP contribution in [0.25, 0.3) is 16.7 Å². The van der Waals surface area contributed by atoms with Gasteiger partial charge in [0.25, 0.3) is 0 Å². The van der Waals surface area contributed by atoms with Crippen molar-refractivity contribution in [1.82, 2.24) is 14.8 Å². The highest BCUT2D eigenvalue weighted by molar-refractivity contribution is 8.00. The molecule has 128 valence electrons. The number of aromatic carboxylic acids is 1. The quantitative estimate of drug-likeness (QED) is 0.748. The number of aliphatic hydroxyl groups is 1. The fourth-order valence-electron chi connectivity index (χ4n) is 3.10. The third-order valence-corrected chi connectivity index (χ3v) is 5.89. The van der Waals surface area contributed by atoms with E-state index in [0.717, 1.165) is 35.2 Å². The Morgan fingerprint density at radius 2 is 2.08 bits per heavy atom. The van der Waals surface area contributed by atoms with E-state index in [4.69, 9.17) is 5.11 Å². The minimum atomic E-state index is -0.960. The Bertz CT molecular complexity index is 917. The first-order chi connectivity index (χ1) is 12.1. The number of fused-ring (bicyclic) bond motifs is 1. The van der Waals surface area contributed by atoms with Crippen molar-refractivity contribution in [3.63, 3.8) is 0 Å². The maximum absolute atomic E-state index is 11.0. The lowest BCUT2D eigenvalue weighted by atomic mass is 10.0. The fraction of sp³-hybridized carbons (Fsp3) is 0.278. The predicted octanol–water partition coefficient (Wildman–Crippen LogP) is 3.05. The first kappa shape index (κ1) is 16.1. The molecule has 0 unspecified atom stereocenters. The van der Waals surface area contributed by atoms with Crippen molar-refractivity contribution < 1.29 is 15.0 Å². The summed E-state index contributed by atoms with van der Waals surface area (Å²) in [5, 5.41) is 25.0. The lowest BCUT2D eigenvalue weighted by Gasteiger charge is -2.17. The normalized spacial score (nSPS) is 18.5. The summed E-state index contributed by atoms with van der Waals surface area (Å²) in [5.41, 5.74) is 2.46. The van der Waals surface area contributed by atoms with E-state index < -0.39 is 12.1 Å². The Kier molecular flexibility index (Phi) is 4.19. The lowest BCUT2D eigenvalue weighted by molar-refractivity contribution is 0.0697. The summed E-state index contributed by atoms with van der Waals surface area (Å²) in [4.78, 5) is 15.4. The van der Waals surface area contributed by atoms with Crippen LogP contribution in [0.5, 0.6) is 0 Å². The van der Waals surface area contributed by atoms with Gasteiger partial charge in [-0.2, -0.15) is 16.9 Å². The maximum Gasteiger partial charge on any atom is 0.335 e. The van der Waals surface area contributed by atoms with Crippen LogP contribution in [0.3, 0.4) is 0 Å². The van der Waals surface area contributed by atoms with Crippen LogP contribution in [-0.4, -0.2) is 41.9 Å². The van der Waals surface area contributed by atoms with E-state index in [9.17, 15) is 9.90 Å². The molecule has 0 aliphatic carbocycles. The van der Waals surface area contributed by atoms with Gasteiger partial charge in [-0.3, -0.25) is 0 Å². The van der Waals surface area contributed by atoms with Crippen LogP contribution in [0.2, 0.25) is 0 Å². The molecule has 0 spiro atoms. The molecule has 0 saturated carbocycles. The van der Waals surface area contributed by atoms with Gasteiger partial charge in [-0.25, -0.2) is 14.5 Å². The second-order valence-electron chi connectivity index (χ2n) is 6.09. The standard InChI is InChI=1S/C18H17N3O3S/c22-16(15-2-1-7-25-15)12-8-13-10-20-21(17(13)19-9-12)14-5-3-11(4-6-14)18(23)24/h3-6,8-10,15-16,22H,1-2,7H2,(H,23,24)/t15-,16+/m1/s1. The topological polar surface area (TPSA) is 88.2 Å². The molecule has 4 rings (SSSR count). The minimum Gasteiger partial charge on any atom is -0.478 e. The Hall–Kier alpha value is -2.38. The molecule has 1 aliphatic rings. The van der Waals surface area contributed by atoms with Crippen molar-refractivity contribution in [1.29, 1.82) is 0 Å². The van der Waals surface area contributed by atoms with Crippen molar-refractivity contribution in [2.24, 2.45) is 0 Å². The molecule has 2 atom stereocenters. The van der Waals surface area contributed by atoms with E-state index in [0.29, 0.717) is 5.65 Å². The molecule has 1 aromatic carbocycles. The molecule has 0 radical (unpaired) electrons. The molecule has 2 aromatic heterocycles. The van der Waals surface area contributed by atoms with E-state index in [1.165, 1.54) is 0 Å². The van der Waals surface area contributed by atoms with E-state index in [1.54, 1.807) is 41.3 Å². The number of benzene rings is 1. The number of aromatic nitrogens is 3. The maximum atomic E-state index is 11.0. The van der Waals surface area contributed by atoms with Crippen LogP contribution in [0.15, 0.2) is 42.7 Å². The SMILES string of the molecule is O=C(O)c1ccc(-n2ncc3cc([C@H](O)[C@H]4CCCS4)cnc32)cc1. The highest BCUT2D eigenvalue weighted by atomic mass is 32.2. The van der Waals surface area contributed by atoms with Crippen molar-refractivity contribution in [3.8, 4) is 5.69 Å². The summed E-state index contributed by atoms with van der Waals surface area (Å²) in [7, 11) is 0. The van der Waals surface area contributed by atoms with Crippen LogP contribution in [0, 0.1) is 0 Å². The van der Waals surface area contributed by atoms with E-state index in [1.807, 2.05) is 17.8 Å². The first-order valence-corrected chi connectivity index (χ1v) is 9.15. The van der Waals surface area contributed by atoms with Crippen LogP contribution in [0.4, 0.5) is 0 Å². The van der Waals surface area contributed by atoms with Gasteiger partial charge in [-0.15, -0.1) is 0 Å². The van der Waals surface area contributed by atoms with Gasteiger partial charge in [0.05, 0.1) is 23.6 Å². The Morgan fingerprint density at radius 1 is 1.28 bits per heavy atom. The third kappa shape index (κ3) is 3.01. The average Bonchev–Trinajstić information content (AvgIpc) is 3.30. The van der Waals surface area contributed by atoms with Crippen LogP contribution >= 0.6 is 11.8 Å². The molecule has 0 amide bonds. The van der Waals surface area contributed by atoms with Gasteiger partial charge in [0.2, 0.25) is 0 Å². The Balaban J connectivity index is 1.66. The number of hydrogen-bond donors (Lipinski definition) is 2. The van der Waals surface area contributed by atoms with Gasteiger partial charge < -0.3 is 10.2 Å². The van der Waals surface area contributed by atoms with Gasteiger partial charge >= 0.3 is 5.97 Å². The van der Waals surface area contributed by atoms with Gasteiger partial charge in [0, 0.05) is 22.4 Å². The highest BCUT2D eigenvalue weighted by Crippen LogP contribution is 2.36. The molecule has 3 aromatic rings. The number of carbonyl (C=O) groups is 1. The average molecular weight is 355 g/mol. The summed E-state index contributed by atoms with van der Waals surface area (Å²) in [6.45, 7) is 0. The molecule has 6 nitrogen and oxygen atoms in total. The molecule has 7 heteroatoms. The zero-order valence-electron chi connectivity index (χ0n) is 13.4. The van der Waals surface area contributed by atoms with Crippen LogP contribution < -0.4 is 0 Å². The van der Waals surface area contributed by atoms with Crippen molar-refractivity contribution in [2.75, 3.05) is 5.75 Å². The molecule has 2 N–H and O–H groups in total. The molecule has 1 fully saturated rings. The summed E-state index contributed by atoms with van der Waals surface area (Å²) >= 11 is 1.81. The van der Waals surface area contributed by atoms with Crippen molar-refractivity contribution >= 4 is 28.8 Å². The largest absolute Gasteiger partial charge is 0.478 e. The third-order valence-electron chi connectivity index (χ3n) is 4.45. The number of rotatable bonds is 4. The number of carboxylic acid groups (broad SMARTS) is 1. The summed E-state index contributed by atoms with van der Waals surface area (Å²) in [6.07, 6.45) is 5.08. The fourth-order valence-corrected chi connectivity index (χ4v) is 4.41. The highest BCUT2D eigenvalue weighted by Gasteiger charge is 2.25. The monoisotopic (exact) mass is 355 g/mol. The number of carboxylic acids is 1. The van der Waals surface area contributed by atoms with E-state index in [-0.39, 0.29) is 10.8 Å². The van der Waals surface area contributed by atoms with E-state index in [2.05, 4.69) is 10.1 Å². The number of nitrogens with zero attached hydrogens (tertiary/aromatic N) is 3. The second kappa shape index (κ2) is 6.50. The summed E-state index contributed by atoms with van der Waals surface area (Å²) < 4.78 is 1.67. The molecule has 0 bridgehead atoms. The zero-order chi connectivity index (χ0) is 17.4. The van der Waals surface area contributed by atoms with Crippen molar-refractivity contribution in [3.05, 3.63) is 53.9 Å². The van der Waals surface area contributed by atoms with Gasteiger partial charge in [0.1, 0.15) is 0 Å². The molecule has 1 aliphatic heterocycles. The van der Waals surface area contributed by atoms with Gasteiger partial charge in [0.15, 0.2) is 5.65 Å².